The Balaban J connectivity index is 2.15. The molecule has 0 unspecified atom stereocenters. The average molecular weight is 282 g/mol. The van der Waals surface area contributed by atoms with Crippen LogP contribution in [0.4, 0.5) is 0 Å². The number of aromatic carboxylic acids is 1. The van der Waals surface area contributed by atoms with Gasteiger partial charge in [-0.3, -0.25) is 5.10 Å². The maximum absolute atomic E-state index is 11.0. The number of para-hydroxylation sites is 1. The summed E-state index contributed by atoms with van der Waals surface area (Å²) in [6.45, 7) is 2.50. The van der Waals surface area contributed by atoms with Gasteiger partial charge in [-0.25, -0.2) is 4.79 Å². The molecule has 2 N–H and O–H groups in total. The summed E-state index contributed by atoms with van der Waals surface area (Å²) in [7, 11) is 0. The standard InChI is InChI=1S/C16H14N2O3/c1-2-21-14-6-4-3-5-12(14)15-11-8-7-10(16(19)20)9-13(11)17-18-15/h3-9H,2H2,1H3,(H,17,18)(H,19,20). The smallest absolute Gasteiger partial charge is 0.335 e. The van der Waals surface area contributed by atoms with Gasteiger partial charge in [0.05, 0.1) is 17.7 Å². The molecule has 106 valence electrons. The van der Waals surface area contributed by atoms with E-state index in [2.05, 4.69) is 10.2 Å². The van der Waals surface area contributed by atoms with Crippen LogP contribution in [-0.2, 0) is 0 Å². The number of carboxylic acids is 1. The van der Waals surface area contributed by atoms with Crippen LogP contribution in [-0.4, -0.2) is 27.9 Å². The van der Waals surface area contributed by atoms with Gasteiger partial charge in [-0.15, -0.1) is 0 Å². The van der Waals surface area contributed by atoms with Crippen molar-refractivity contribution in [2.75, 3.05) is 6.61 Å². The second kappa shape index (κ2) is 5.28. The van der Waals surface area contributed by atoms with Crippen molar-refractivity contribution in [3.63, 3.8) is 0 Å². The van der Waals surface area contributed by atoms with Gasteiger partial charge in [0.2, 0.25) is 0 Å². The molecule has 2 aromatic carbocycles. The van der Waals surface area contributed by atoms with Crippen LogP contribution in [0.3, 0.4) is 0 Å². The van der Waals surface area contributed by atoms with Gasteiger partial charge in [0.25, 0.3) is 0 Å². The molecule has 0 saturated heterocycles. The molecule has 21 heavy (non-hydrogen) atoms. The van der Waals surface area contributed by atoms with Gasteiger partial charge < -0.3 is 9.84 Å². The Hall–Kier alpha value is -2.82. The quantitative estimate of drug-likeness (QED) is 0.769. The van der Waals surface area contributed by atoms with Gasteiger partial charge in [-0.1, -0.05) is 12.1 Å². The number of H-pyrrole nitrogens is 1. The molecule has 0 amide bonds. The minimum atomic E-state index is -0.956. The third-order valence-electron chi connectivity index (χ3n) is 3.25. The fourth-order valence-electron chi connectivity index (χ4n) is 2.30. The zero-order valence-electron chi connectivity index (χ0n) is 11.5. The number of benzene rings is 2. The first-order chi connectivity index (χ1) is 10.2. The fraction of sp³-hybridized carbons (Fsp3) is 0.125. The highest BCUT2D eigenvalue weighted by atomic mass is 16.5. The lowest BCUT2D eigenvalue weighted by atomic mass is 10.1. The third kappa shape index (κ3) is 2.33. The minimum Gasteiger partial charge on any atom is -0.493 e. The van der Waals surface area contributed by atoms with Crippen LogP contribution in [0.25, 0.3) is 22.2 Å². The number of aromatic amines is 1. The normalized spacial score (nSPS) is 10.7. The summed E-state index contributed by atoms with van der Waals surface area (Å²) in [4.78, 5) is 11.0. The second-order valence-corrected chi connectivity index (χ2v) is 4.57. The molecule has 1 aromatic heterocycles. The van der Waals surface area contributed by atoms with Gasteiger partial charge in [0, 0.05) is 10.9 Å². The van der Waals surface area contributed by atoms with Crippen molar-refractivity contribution in [1.82, 2.24) is 10.2 Å². The maximum atomic E-state index is 11.0. The molecule has 5 nitrogen and oxygen atoms in total. The van der Waals surface area contributed by atoms with Crippen molar-refractivity contribution in [3.8, 4) is 17.0 Å². The van der Waals surface area contributed by atoms with Crippen LogP contribution < -0.4 is 4.74 Å². The predicted octanol–water partition coefficient (Wildman–Crippen LogP) is 3.33. The zero-order valence-corrected chi connectivity index (χ0v) is 11.5. The predicted molar refractivity (Wildman–Crippen MR) is 79.7 cm³/mol. The maximum Gasteiger partial charge on any atom is 0.335 e. The Morgan fingerprint density at radius 2 is 2.10 bits per heavy atom. The minimum absolute atomic E-state index is 0.232. The molecular formula is C16H14N2O3. The molecule has 0 spiro atoms. The highest BCUT2D eigenvalue weighted by Gasteiger charge is 2.14. The summed E-state index contributed by atoms with van der Waals surface area (Å²) < 4.78 is 5.62. The largest absolute Gasteiger partial charge is 0.493 e. The molecule has 0 bridgehead atoms. The SMILES string of the molecule is CCOc1ccccc1-c1n[nH]c2cc(C(=O)O)ccc12. The van der Waals surface area contributed by atoms with Gasteiger partial charge in [-0.05, 0) is 37.3 Å². The van der Waals surface area contributed by atoms with E-state index in [1.807, 2.05) is 31.2 Å². The van der Waals surface area contributed by atoms with E-state index in [9.17, 15) is 4.79 Å². The molecule has 0 fully saturated rings. The monoisotopic (exact) mass is 282 g/mol. The summed E-state index contributed by atoms with van der Waals surface area (Å²) in [6.07, 6.45) is 0. The molecule has 3 aromatic rings. The Morgan fingerprint density at radius 1 is 1.29 bits per heavy atom. The molecule has 5 heteroatoms. The summed E-state index contributed by atoms with van der Waals surface area (Å²) in [5.74, 6) is -0.196. The second-order valence-electron chi connectivity index (χ2n) is 4.57. The molecular weight excluding hydrogens is 268 g/mol. The van der Waals surface area contributed by atoms with Crippen molar-refractivity contribution >= 4 is 16.9 Å². The van der Waals surface area contributed by atoms with E-state index in [0.29, 0.717) is 12.1 Å². The van der Waals surface area contributed by atoms with Crippen molar-refractivity contribution in [2.45, 2.75) is 6.92 Å². The molecule has 0 saturated carbocycles. The summed E-state index contributed by atoms with van der Waals surface area (Å²) in [5.41, 5.74) is 2.56. The Bertz CT molecular complexity index is 808. The van der Waals surface area contributed by atoms with E-state index < -0.39 is 5.97 Å². The summed E-state index contributed by atoms with van der Waals surface area (Å²) >= 11 is 0. The molecule has 0 aliphatic carbocycles. The molecule has 1 heterocycles. The van der Waals surface area contributed by atoms with E-state index in [1.54, 1.807) is 18.2 Å². The lowest BCUT2D eigenvalue weighted by Gasteiger charge is -2.08. The summed E-state index contributed by atoms with van der Waals surface area (Å²) in [6, 6.07) is 12.6. The van der Waals surface area contributed by atoms with Crippen LogP contribution in [0.2, 0.25) is 0 Å². The lowest BCUT2D eigenvalue weighted by molar-refractivity contribution is 0.0697. The summed E-state index contributed by atoms with van der Waals surface area (Å²) in [5, 5.41) is 17.1. The molecule has 0 atom stereocenters. The first-order valence-electron chi connectivity index (χ1n) is 6.64. The van der Waals surface area contributed by atoms with Crippen LogP contribution in [0, 0.1) is 0 Å². The number of hydrogen-bond donors (Lipinski definition) is 2. The third-order valence-corrected chi connectivity index (χ3v) is 3.25. The number of nitrogens with one attached hydrogen (secondary N) is 1. The molecule has 0 radical (unpaired) electrons. The van der Waals surface area contributed by atoms with Gasteiger partial charge >= 0.3 is 5.97 Å². The Kier molecular flexibility index (Phi) is 3.31. The van der Waals surface area contributed by atoms with Crippen LogP contribution >= 0.6 is 0 Å². The number of aromatic nitrogens is 2. The van der Waals surface area contributed by atoms with E-state index in [4.69, 9.17) is 9.84 Å². The highest BCUT2D eigenvalue weighted by Crippen LogP contribution is 2.33. The van der Waals surface area contributed by atoms with Crippen LogP contribution in [0.1, 0.15) is 17.3 Å². The van der Waals surface area contributed by atoms with Crippen molar-refractivity contribution in [2.24, 2.45) is 0 Å². The first-order valence-corrected chi connectivity index (χ1v) is 6.64. The highest BCUT2D eigenvalue weighted by molar-refractivity contribution is 5.98. The van der Waals surface area contributed by atoms with Gasteiger partial charge in [0.1, 0.15) is 11.4 Å². The van der Waals surface area contributed by atoms with E-state index >= 15 is 0 Å². The van der Waals surface area contributed by atoms with Crippen LogP contribution in [0.15, 0.2) is 42.5 Å². The number of hydrogen-bond acceptors (Lipinski definition) is 3. The fourth-order valence-corrected chi connectivity index (χ4v) is 2.30. The number of rotatable bonds is 4. The lowest BCUT2D eigenvalue weighted by Crippen LogP contribution is -1.95. The Labute approximate surface area is 121 Å². The zero-order chi connectivity index (χ0) is 14.8. The average Bonchev–Trinajstić information content (AvgIpc) is 2.91. The number of ether oxygens (including phenoxy) is 1. The number of carboxylic acid groups (broad SMARTS) is 1. The van der Waals surface area contributed by atoms with Crippen LogP contribution in [0.5, 0.6) is 5.75 Å². The number of carbonyl (C=O) groups is 1. The first kappa shape index (κ1) is 13.2. The van der Waals surface area contributed by atoms with E-state index in [0.717, 1.165) is 22.4 Å². The van der Waals surface area contributed by atoms with Crippen molar-refractivity contribution in [1.29, 1.82) is 0 Å². The Morgan fingerprint density at radius 3 is 2.86 bits per heavy atom. The van der Waals surface area contributed by atoms with Gasteiger partial charge in [-0.2, -0.15) is 5.10 Å². The molecule has 3 rings (SSSR count). The molecule has 0 aliphatic heterocycles. The van der Waals surface area contributed by atoms with E-state index in [1.165, 1.54) is 0 Å². The van der Waals surface area contributed by atoms with E-state index in [-0.39, 0.29) is 5.56 Å². The van der Waals surface area contributed by atoms with Crippen molar-refractivity contribution in [3.05, 3.63) is 48.0 Å². The topological polar surface area (TPSA) is 75.2 Å². The number of fused-ring (bicyclic) bond motifs is 1. The van der Waals surface area contributed by atoms with Crippen molar-refractivity contribution < 1.29 is 14.6 Å². The number of nitrogens with zero attached hydrogens (tertiary/aromatic N) is 1. The van der Waals surface area contributed by atoms with Gasteiger partial charge in [0.15, 0.2) is 0 Å². The molecule has 0 aliphatic rings.